The van der Waals surface area contributed by atoms with E-state index in [1.165, 1.54) is 0 Å². The summed E-state index contributed by atoms with van der Waals surface area (Å²) in [5.41, 5.74) is 4.66. The lowest BCUT2D eigenvalue weighted by Gasteiger charge is -2.32. The number of hydrogen-bond donors (Lipinski definition) is 2. The highest BCUT2D eigenvalue weighted by Gasteiger charge is 2.55. The third-order valence-corrected chi connectivity index (χ3v) is 8.21. The maximum atomic E-state index is 6.51. The lowest BCUT2D eigenvalue weighted by Crippen LogP contribution is -2.41. The van der Waals surface area contributed by atoms with Gasteiger partial charge in [-0.05, 0) is 80.4 Å². The highest BCUT2D eigenvalue weighted by atomic mass is 16.7. The molecule has 0 atom stereocenters. The number of aromatic nitrogens is 2. The van der Waals surface area contributed by atoms with Gasteiger partial charge in [0.1, 0.15) is 0 Å². The van der Waals surface area contributed by atoms with Gasteiger partial charge in [0.05, 0.1) is 22.4 Å². The molecule has 32 heavy (non-hydrogen) atoms. The largest absolute Gasteiger partial charge is 0.497 e. The first kappa shape index (κ1) is 22.1. The summed E-state index contributed by atoms with van der Waals surface area (Å²) >= 11 is 0. The third-order valence-electron chi connectivity index (χ3n) is 8.21. The average Bonchev–Trinajstić information content (AvgIpc) is 3.32. The Labute approximate surface area is 191 Å². The van der Waals surface area contributed by atoms with E-state index in [0.717, 1.165) is 43.9 Å². The van der Waals surface area contributed by atoms with Crippen molar-refractivity contribution in [2.24, 2.45) is 0 Å². The van der Waals surface area contributed by atoms with Gasteiger partial charge < -0.3 is 28.6 Å². The summed E-state index contributed by atoms with van der Waals surface area (Å²) in [6.45, 7) is 20.9. The van der Waals surface area contributed by atoms with Gasteiger partial charge in [-0.15, -0.1) is 0 Å². The number of hydrogen-bond acceptors (Lipinski definition) is 4. The lowest BCUT2D eigenvalue weighted by molar-refractivity contribution is 0.00578. The first-order valence-corrected chi connectivity index (χ1v) is 11.5. The molecule has 0 amide bonds. The van der Waals surface area contributed by atoms with Crippen molar-refractivity contribution in [3.63, 3.8) is 0 Å². The molecule has 2 aliphatic heterocycles. The summed E-state index contributed by atoms with van der Waals surface area (Å²) in [6, 6.07) is 0. The van der Waals surface area contributed by atoms with E-state index >= 15 is 0 Å². The van der Waals surface area contributed by atoms with E-state index in [-0.39, 0.29) is 0 Å². The van der Waals surface area contributed by atoms with E-state index in [0.29, 0.717) is 0 Å². The van der Waals surface area contributed by atoms with Crippen LogP contribution in [0.15, 0.2) is 12.4 Å². The van der Waals surface area contributed by atoms with Crippen LogP contribution in [0.2, 0.25) is 0 Å². The van der Waals surface area contributed by atoms with Crippen molar-refractivity contribution in [1.29, 1.82) is 0 Å². The second-order valence-corrected chi connectivity index (χ2v) is 11.4. The molecule has 3 aromatic rings. The van der Waals surface area contributed by atoms with E-state index in [2.05, 4.69) is 79.2 Å². The predicted molar refractivity (Wildman–Crippen MR) is 131 cm³/mol. The summed E-state index contributed by atoms with van der Waals surface area (Å²) in [7, 11) is -0.963. The van der Waals surface area contributed by atoms with Crippen LogP contribution in [0, 0.1) is 13.8 Å². The second kappa shape index (κ2) is 6.44. The molecule has 170 valence electrons. The maximum Gasteiger partial charge on any atom is 0.497 e. The molecule has 6 nitrogen and oxygen atoms in total. The normalized spacial score (nSPS) is 23.7. The Balaban J connectivity index is 1.80. The molecule has 0 radical (unpaired) electrons. The molecule has 1 aromatic carbocycles. The third kappa shape index (κ3) is 2.82. The van der Waals surface area contributed by atoms with Gasteiger partial charge in [0.2, 0.25) is 0 Å². The molecule has 2 aromatic heterocycles. The summed E-state index contributed by atoms with van der Waals surface area (Å²) in [5, 5.41) is 2.20. The van der Waals surface area contributed by atoms with Gasteiger partial charge in [-0.2, -0.15) is 0 Å². The minimum absolute atomic E-state index is 0.424. The van der Waals surface area contributed by atoms with Crippen molar-refractivity contribution in [2.75, 3.05) is 0 Å². The smallest absolute Gasteiger partial charge is 0.399 e. The molecule has 5 rings (SSSR count). The Hall–Kier alpha value is -1.73. The Morgan fingerprint density at radius 2 is 0.844 bits per heavy atom. The van der Waals surface area contributed by atoms with E-state index in [4.69, 9.17) is 18.6 Å². The Bertz CT molecular complexity index is 1110. The molecule has 0 aliphatic carbocycles. The molecular weight excluding hydrogens is 402 g/mol. The van der Waals surface area contributed by atoms with Crippen molar-refractivity contribution >= 4 is 47.0 Å². The van der Waals surface area contributed by atoms with Crippen LogP contribution in [0.25, 0.3) is 21.8 Å². The highest BCUT2D eigenvalue weighted by Crippen LogP contribution is 2.40. The summed E-state index contributed by atoms with van der Waals surface area (Å²) in [6.07, 6.45) is 4.09. The van der Waals surface area contributed by atoms with Gasteiger partial charge in [0.15, 0.2) is 0 Å². The van der Waals surface area contributed by atoms with Crippen LogP contribution in [0.4, 0.5) is 0 Å². The molecule has 2 aliphatic rings. The second-order valence-electron chi connectivity index (χ2n) is 11.4. The fourth-order valence-electron chi connectivity index (χ4n) is 4.81. The molecule has 2 fully saturated rings. The fraction of sp³-hybridized carbons (Fsp3) is 0.583. The number of benzene rings is 1. The van der Waals surface area contributed by atoms with Crippen molar-refractivity contribution in [3.8, 4) is 0 Å². The van der Waals surface area contributed by atoms with E-state index in [1.807, 2.05) is 12.4 Å². The van der Waals surface area contributed by atoms with Gasteiger partial charge in [0, 0.05) is 45.1 Å². The topological polar surface area (TPSA) is 68.5 Å². The van der Waals surface area contributed by atoms with Crippen molar-refractivity contribution in [2.45, 2.75) is 91.6 Å². The van der Waals surface area contributed by atoms with Crippen molar-refractivity contribution < 1.29 is 18.6 Å². The molecule has 4 heterocycles. The van der Waals surface area contributed by atoms with Crippen LogP contribution in [-0.4, -0.2) is 46.6 Å². The average molecular weight is 436 g/mol. The van der Waals surface area contributed by atoms with Crippen LogP contribution in [0.5, 0.6) is 0 Å². The SMILES string of the molecule is Cc1c[nH]c2c(B3OC(C)(C)C(C)(C)O3)c3c(C)c[nH]c3c(B3OC(C)(C)C(C)(C)O3)c12. The van der Waals surface area contributed by atoms with Crippen LogP contribution in [0.1, 0.15) is 66.5 Å². The van der Waals surface area contributed by atoms with Crippen molar-refractivity contribution in [1.82, 2.24) is 9.97 Å². The number of nitrogens with one attached hydrogen (secondary N) is 2. The molecule has 2 N–H and O–H groups in total. The van der Waals surface area contributed by atoms with Gasteiger partial charge in [-0.25, -0.2) is 0 Å². The van der Waals surface area contributed by atoms with E-state index in [9.17, 15) is 0 Å². The maximum absolute atomic E-state index is 6.51. The summed E-state index contributed by atoms with van der Waals surface area (Å²) < 4.78 is 26.1. The molecule has 0 unspecified atom stereocenters. The van der Waals surface area contributed by atoms with Crippen molar-refractivity contribution in [3.05, 3.63) is 23.5 Å². The van der Waals surface area contributed by atoms with Gasteiger partial charge >= 0.3 is 14.2 Å². The molecule has 0 spiro atoms. The molecule has 2 saturated heterocycles. The number of aryl methyl sites for hydroxylation is 2. The monoisotopic (exact) mass is 436 g/mol. The molecule has 8 heteroatoms. The molecule has 0 bridgehead atoms. The predicted octanol–water partition coefficient (Wildman–Crippen LogP) is 3.86. The van der Waals surface area contributed by atoms with Gasteiger partial charge in [0.25, 0.3) is 0 Å². The van der Waals surface area contributed by atoms with Gasteiger partial charge in [-0.1, -0.05) is 0 Å². The number of aromatic amines is 2. The minimum atomic E-state index is -0.482. The van der Waals surface area contributed by atoms with Crippen LogP contribution < -0.4 is 10.9 Å². The quantitative estimate of drug-likeness (QED) is 0.599. The van der Waals surface area contributed by atoms with Gasteiger partial charge in [-0.3, -0.25) is 0 Å². The number of rotatable bonds is 2. The van der Waals surface area contributed by atoms with Crippen LogP contribution in [0.3, 0.4) is 0 Å². The lowest BCUT2D eigenvalue weighted by atomic mass is 9.68. The zero-order valence-corrected chi connectivity index (χ0v) is 20.9. The number of fused-ring (bicyclic) bond motifs is 2. The Kier molecular flexibility index (Phi) is 4.44. The molecular formula is C24H34B2N2O4. The first-order valence-electron chi connectivity index (χ1n) is 11.5. The number of H-pyrrole nitrogens is 2. The standard InChI is InChI=1S/C24H34B2N2O4/c1-13-11-27-19-15(13)17(25-29-21(3,4)22(5,6)30-25)20-16(14(2)12-28-20)18(19)26-31-23(7,8)24(9,10)32-26/h11-12,27-28H,1-10H3. The zero-order chi connectivity index (χ0) is 23.4. The summed E-state index contributed by atoms with van der Waals surface area (Å²) in [4.78, 5) is 7.04. The zero-order valence-electron chi connectivity index (χ0n) is 20.9. The Morgan fingerprint density at radius 1 is 0.562 bits per heavy atom. The summed E-state index contributed by atoms with van der Waals surface area (Å²) in [5.74, 6) is 0. The van der Waals surface area contributed by atoms with E-state index in [1.54, 1.807) is 0 Å². The minimum Gasteiger partial charge on any atom is -0.399 e. The molecule has 0 saturated carbocycles. The van der Waals surface area contributed by atoms with E-state index < -0.39 is 36.6 Å². The van der Waals surface area contributed by atoms with Crippen LogP contribution >= 0.6 is 0 Å². The van der Waals surface area contributed by atoms with Crippen LogP contribution in [-0.2, 0) is 18.6 Å². The fourth-order valence-corrected chi connectivity index (χ4v) is 4.81. The Morgan fingerprint density at radius 3 is 1.12 bits per heavy atom. The highest BCUT2D eigenvalue weighted by molar-refractivity contribution is 6.73. The first-order chi connectivity index (χ1) is 14.7.